The molecule has 0 aromatic heterocycles. The Morgan fingerprint density at radius 3 is 2.33 bits per heavy atom. The van der Waals surface area contributed by atoms with Gasteiger partial charge in [0.25, 0.3) is 0 Å². The second-order valence-electron chi connectivity index (χ2n) is 3.68. The van der Waals surface area contributed by atoms with E-state index in [1.165, 1.54) is 0 Å². The van der Waals surface area contributed by atoms with Gasteiger partial charge in [-0.05, 0) is 26.7 Å². The second-order valence-corrected chi connectivity index (χ2v) is 3.68. The van der Waals surface area contributed by atoms with Crippen LogP contribution in [0.2, 0.25) is 0 Å². The molecule has 4 heteroatoms. The maximum atomic E-state index is 10.5. The van der Waals surface area contributed by atoms with Crippen LogP contribution >= 0.6 is 0 Å². The van der Waals surface area contributed by atoms with Gasteiger partial charge in [-0.2, -0.15) is 0 Å². The van der Waals surface area contributed by atoms with Gasteiger partial charge in [0.15, 0.2) is 6.10 Å². The summed E-state index contributed by atoms with van der Waals surface area (Å²) in [5.41, 5.74) is -0.940. The second kappa shape index (κ2) is 3.03. The average molecular weight is 174 g/mol. The van der Waals surface area contributed by atoms with Crippen LogP contribution in [0.15, 0.2) is 0 Å². The van der Waals surface area contributed by atoms with Crippen LogP contribution in [0.25, 0.3) is 0 Å². The first-order valence-corrected chi connectivity index (χ1v) is 4.02. The van der Waals surface area contributed by atoms with E-state index in [2.05, 4.69) is 0 Å². The van der Waals surface area contributed by atoms with E-state index < -0.39 is 17.7 Å². The number of carbonyl (C=O) groups is 1. The number of carboxylic acids is 1. The van der Waals surface area contributed by atoms with Crippen molar-refractivity contribution in [3.8, 4) is 0 Å². The Hall–Kier alpha value is -0.610. The fourth-order valence-electron chi connectivity index (χ4n) is 1.34. The molecule has 12 heavy (non-hydrogen) atoms. The highest BCUT2D eigenvalue weighted by Crippen LogP contribution is 2.27. The largest absolute Gasteiger partial charge is 0.479 e. The highest BCUT2D eigenvalue weighted by molar-refractivity contribution is 5.72. The van der Waals surface area contributed by atoms with E-state index in [-0.39, 0.29) is 6.10 Å². The summed E-state index contributed by atoms with van der Waals surface area (Å²) in [7, 11) is 0. The van der Waals surface area contributed by atoms with E-state index in [0.717, 1.165) is 0 Å². The number of rotatable bonds is 2. The third kappa shape index (κ3) is 1.95. The molecule has 0 aromatic carbocycles. The molecule has 0 bridgehead atoms. The van der Waals surface area contributed by atoms with Crippen molar-refractivity contribution in [1.29, 1.82) is 0 Å². The molecule has 0 amide bonds. The van der Waals surface area contributed by atoms with Crippen LogP contribution in [0.3, 0.4) is 0 Å². The number of ether oxygens (including phenoxy) is 1. The molecular weight excluding hydrogens is 160 g/mol. The topological polar surface area (TPSA) is 66.8 Å². The Morgan fingerprint density at radius 1 is 1.50 bits per heavy atom. The quantitative estimate of drug-likeness (QED) is 0.635. The maximum absolute atomic E-state index is 10.5. The van der Waals surface area contributed by atoms with Gasteiger partial charge in [0.1, 0.15) is 0 Å². The van der Waals surface area contributed by atoms with E-state index in [9.17, 15) is 9.90 Å². The molecule has 4 nitrogen and oxygen atoms in total. The number of aliphatic hydroxyl groups is 1. The molecule has 1 saturated heterocycles. The Bertz CT molecular complexity index is 182. The summed E-state index contributed by atoms with van der Waals surface area (Å²) in [6, 6.07) is 0. The standard InChI is InChI=1S/C8H14O4/c1-8(2,11)6-4-3-5(12-6)7(9)10/h5-6,11H,3-4H2,1-2H3,(H,9,10). The van der Waals surface area contributed by atoms with E-state index in [1.807, 2.05) is 0 Å². The fraction of sp³-hybridized carbons (Fsp3) is 0.875. The third-order valence-corrected chi connectivity index (χ3v) is 2.08. The zero-order valence-electron chi connectivity index (χ0n) is 7.28. The summed E-state index contributed by atoms with van der Waals surface area (Å²) in [6.45, 7) is 3.25. The molecule has 0 spiro atoms. The van der Waals surface area contributed by atoms with Crippen molar-refractivity contribution in [2.24, 2.45) is 0 Å². The summed E-state index contributed by atoms with van der Waals surface area (Å²) in [5, 5.41) is 18.1. The number of hydrogen-bond donors (Lipinski definition) is 2. The van der Waals surface area contributed by atoms with Crippen molar-refractivity contribution < 1.29 is 19.7 Å². The Labute approximate surface area is 71.2 Å². The van der Waals surface area contributed by atoms with Crippen LogP contribution in [0.5, 0.6) is 0 Å². The van der Waals surface area contributed by atoms with Crippen molar-refractivity contribution >= 4 is 5.97 Å². The van der Waals surface area contributed by atoms with Crippen LogP contribution in [-0.4, -0.2) is 34.0 Å². The van der Waals surface area contributed by atoms with Gasteiger partial charge in [-0.1, -0.05) is 0 Å². The summed E-state index contributed by atoms with van der Waals surface area (Å²) in [5.74, 6) is -0.943. The first-order chi connectivity index (χ1) is 5.41. The van der Waals surface area contributed by atoms with Crippen molar-refractivity contribution in [3.05, 3.63) is 0 Å². The molecule has 1 rings (SSSR count). The van der Waals surface area contributed by atoms with Crippen LogP contribution in [0.1, 0.15) is 26.7 Å². The molecule has 0 aliphatic carbocycles. The van der Waals surface area contributed by atoms with Crippen molar-refractivity contribution in [2.75, 3.05) is 0 Å². The molecule has 2 atom stereocenters. The molecule has 2 unspecified atom stereocenters. The number of hydrogen-bond acceptors (Lipinski definition) is 3. The third-order valence-electron chi connectivity index (χ3n) is 2.08. The SMILES string of the molecule is CC(C)(O)C1CCC(C(=O)O)O1. The molecule has 0 radical (unpaired) electrons. The first-order valence-electron chi connectivity index (χ1n) is 4.02. The number of carboxylic acid groups (broad SMARTS) is 1. The maximum Gasteiger partial charge on any atom is 0.332 e. The molecule has 0 saturated carbocycles. The molecule has 2 N–H and O–H groups in total. The normalized spacial score (nSPS) is 30.6. The molecule has 1 aliphatic rings. The van der Waals surface area contributed by atoms with Crippen LogP contribution in [-0.2, 0) is 9.53 Å². The Balaban J connectivity index is 2.51. The summed E-state index contributed by atoms with van der Waals surface area (Å²) >= 11 is 0. The molecule has 70 valence electrons. The monoisotopic (exact) mass is 174 g/mol. The minimum Gasteiger partial charge on any atom is -0.479 e. The lowest BCUT2D eigenvalue weighted by Crippen LogP contribution is -2.36. The summed E-state index contributed by atoms with van der Waals surface area (Å²) < 4.78 is 5.14. The minimum absolute atomic E-state index is 0.349. The van der Waals surface area contributed by atoms with Crippen LogP contribution in [0.4, 0.5) is 0 Å². The zero-order valence-corrected chi connectivity index (χ0v) is 7.28. The zero-order chi connectivity index (χ0) is 9.35. The summed E-state index contributed by atoms with van der Waals surface area (Å²) in [4.78, 5) is 10.5. The lowest BCUT2D eigenvalue weighted by atomic mass is 9.99. The lowest BCUT2D eigenvalue weighted by molar-refractivity contribution is -0.155. The molecule has 0 aromatic rings. The highest BCUT2D eigenvalue weighted by atomic mass is 16.5. The lowest BCUT2D eigenvalue weighted by Gasteiger charge is -2.24. The van der Waals surface area contributed by atoms with E-state index in [4.69, 9.17) is 9.84 Å². The Kier molecular flexibility index (Phi) is 2.39. The molecule has 1 fully saturated rings. The van der Waals surface area contributed by atoms with E-state index >= 15 is 0 Å². The minimum atomic E-state index is -0.943. The Morgan fingerprint density at radius 2 is 2.08 bits per heavy atom. The molecular formula is C8H14O4. The van der Waals surface area contributed by atoms with E-state index in [1.54, 1.807) is 13.8 Å². The van der Waals surface area contributed by atoms with Gasteiger partial charge in [0, 0.05) is 0 Å². The summed E-state index contributed by atoms with van der Waals surface area (Å²) in [6.07, 6.45) is 0.0183. The van der Waals surface area contributed by atoms with Gasteiger partial charge in [0.05, 0.1) is 11.7 Å². The van der Waals surface area contributed by atoms with E-state index in [0.29, 0.717) is 12.8 Å². The van der Waals surface area contributed by atoms with Crippen LogP contribution < -0.4 is 0 Å². The van der Waals surface area contributed by atoms with Gasteiger partial charge in [0.2, 0.25) is 0 Å². The first kappa shape index (κ1) is 9.48. The van der Waals surface area contributed by atoms with Gasteiger partial charge in [-0.25, -0.2) is 4.79 Å². The molecule has 1 aliphatic heterocycles. The van der Waals surface area contributed by atoms with Crippen LogP contribution in [0, 0.1) is 0 Å². The predicted octanol–water partition coefficient (Wildman–Crippen LogP) is 0.389. The van der Waals surface area contributed by atoms with Gasteiger partial charge < -0.3 is 14.9 Å². The average Bonchev–Trinajstić information content (AvgIpc) is 2.30. The smallest absolute Gasteiger partial charge is 0.332 e. The van der Waals surface area contributed by atoms with Crippen molar-refractivity contribution in [2.45, 2.75) is 44.5 Å². The van der Waals surface area contributed by atoms with Gasteiger partial charge >= 0.3 is 5.97 Å². The highest BCUT2D eigenvalue weighted by Gasteiger charge is 2.38. The van der Waals surface area contributed by atoms with Crippen molar-refractivity contribution in [3.63, 3.8) is 0 Å². The molecule has 1 heterocycles. The van der Waals surface area contributed by atoms with Crippen molar-refractivity contribution in [1.82, 2.24) is 0 Å². The number of aliphatic carboxylic acids is 1. The predicted molar refractivity (Wildman–Crippen MR) is 41.8 cm³/mol. The van der Waals surface area contributed by atoms with Gasteiger partial charge in [-0.3, -0.25) is 0 Å². The van der Waals surface area contributed by atoms with Gasteiger partial charge in [-0.15, -0.1) is 0 Å². The fourth-order valence-corrected chi connectivity index (χ4v) is 1.34.